The average molecular weight is 292 g/mol. The first-order valence-electron chi connectivity index (χ1n) is 7.49. The monoisotopic (exact) mass is 291 g/mol. The number of benzene rings is 1. The van der Waals surface area contributed by atoms with E-state index in [2.05, 4.69) is 26.1 Å². The minimum atomic E-state index is 0.590. The Hall–Kier alpha value is -0.990. The molecule has 0 aliphatic heterocycles. The second kappa shape index (κ2) is 5.42. The van der Waals surface area contributed by atoms with E-state index >= 15 is 0 Å². The summed E-state index contributed by atoms with van der Waals surface area (Å²) in [4.78, 5) is 0. The Kier molecular flexibility index (Phi) is 3.78. The van der Waals surface area contributed by atoms with E-state index in [9.17, 15) is 0 Å². The summed E-state index contributed by atoms with van der Waals surface area (Å²) in [5.74, 6) is 1.66. The molecular formula is C17H22ClNO. The Morgan fingerprint density at radius 1 is 1.35 bits per heavy atom. The molecule has 2 aromatic rings. The van der Waals surface area contributed by atoms with Gasteiger partial charge in [0.15, 0.2) is 0 Å². The van der Waals surface area contributed by atoms with Gasteiger partial charge in [-0.3, -0.25) is 0 Å². The number of hydrogen-bond acceptors (Lipinski definition) is 2. The van der Waals surface area contributed by atoms with Gasteiger partial charge in [-0.1, -0.05) is 31.5 Å². The van der Waals surface area contributed by atoms with Crippen LogP contribution in [0.5, 0.6) is 0 Å². The molecule has 1 heterocycles. The number of fused-ring (bicyclic) bond motifs is 1. The van der Waals surface area contributed by atoms with Crippen molar-refractivity contribution in [3.63, 3.8) is 0 Å². The molecule has 20 heavy (non-hydrogen) atoms. The highest BCUT2D eigenvalue weighted by atomic mass is 35.5. The Bertz CT molecular complexity index is 625. The zero-order chi connectivity index (χ0) is 14.3. The van der Waals surface area contributed by atoms with Gasteiger partial charge in [0.2, 0.25) is 0 Å². The van der Waals surface area contributed by atoms with E-state index < -0.39 is 0 Å². The second-order valence-corrected chi connectivity index (χ2v) is 6.73. The van der Waals surface area contributed by atoms with Gasteiger partial charge >= 0.3 is 0 Å². The quantitative estimate of drug-likeness (QED) is 0.852. The molecule has 0 saturated heterocycles. The Morgan fingerprint density at radius 3 is 2.75 bits per heavy atom. The Balaban J connectivity index is 2.05. The molecule has 108 valence electrons. The summed E-state index contributed by atoms with van der Waals surface area (Å²) in [6.07, 6.45) is 3.59. The molecule has 1 saturated carbocycles. The minimum Gasteiger partial charge on any atom is -0.459 e. The van der Waals surface area contributed by atoms with Crippen molar-refractivity contribution in [3.05, 3.63) is 34.0 Å². The lowest BCUT2D eigenvalue weighted by Crippen LogP contribution is -2.16. The van der Waals surface area contributed by atoms with Crippen LogP contribution in [0.1, 0.15) is 43.6 Å². The van der Waals surface area contributed by atoms with Crippen LogP contribution in [0, 0.1) is 12.8 Å². The third-order valence-electron chi connectivity index (χ3n) is 3.91. The molecule has 1 N–H and O–H groups in total. The highest BCUT2D eigenvalue weighted by Gasteiger charge is 2.23. The van der Waals surface area contributed by atoms with Crippen molar-refractivity contribution in [2.75, 3.05) is 0 Å². The summed E-state index contributed by atoms with van der Waals surface area (Å²) in [6.45, 7) is 7.37. The van der Waals surface area contributed by atoms with E-state index in [0.29, 0.717) is 12.0 Å². The Labute approximate surface area is 125 Å². The van der Waals surface area contributed by atoms with Gasteiger partial charge in [-0.05, 0) is 43.7 Å². The van der Waals surface area contributed by atoms with Crippen LogP contribution in [0.25, 0.3) is 11.0 Å². The van der Waals surface area contributed by atoms with Crippen molar-refractivity contribution in [2.45, 2.75) is 52.6 Å². The van der Waals surface area contributed by atoms with E-state index in [4.69, 9.17) is 16.0 Å². The number of hydrogen-bond donors (Lipinski definition) is 1. The molecule has 0 bridgehead atoms. The second-order valence-electron chi connectivity index (χ2n) is 6.33. The maximum Gasteiger partial charge on any atom is 0.139 e. The summed E-state index contributed by atoms with van der Waals surface area (Å²) in [5, 5.41) is 5.48. The maximum absolute atomic E-state index is 6.43. The molecule has 0 spiro atoms. The van der Waals surface area contributed by atoms with Gasteiger partial charge < -0.3 is 9.73 Å². The molecule has 3 heteroatoms. The van der Waals surface area contributed by atoms with E-state index in [-0.39, 0.29) is 0 Å². The van der Waals surface area contributed by atoms with Crippen LogP contribution in [0.4, 0.5) is 0 Å². The molecule has 1 aromatic carbocycles. The molecule has 0 atom stereocenters. The fraction of sp³-hybridized carbons (Fsp3) is 0.529. The molecule has 1 aliphatic carbocycles. The normalized spacial score (nSPS) is 15.4. The minimum absolute atomic E-state index is 0.590. The molecule has 1 fully saturated rings. The van der Waals surface area contributed by atoms with Gasteiger partial charge in [-0.25, -0.2) is 0 Å². The third kappa shape index (κ3) is 2.72. The largest absolute Gasteiger partial charge is 0.459 e. The zero-order valence-electron chi connectivity index (χ0n) is 12.4. The molecule has 1 aliphatic rings. The highest BCUT2D eigenvalue weighted by molar-refractivity contribution is 6.35. The molecule has 0 radical (unpaired) electrons. The summed E-state index contributed by atoms with van der Waals surface area (Å²) in [5.41, 5.74) is 3.41. The number of halogens is 1. The first-order valence-corrected chi connectivity index (χ1v) is 7.86. The molecule has 1 aromatic heterocycles. The lowest BCUT2D eigenvalue weighted by Gasteiger charge is -2.07. The molecule has 2 nitrogen and oxygen atoms in total. The maximum atomic E-state index is 6.43. The summed E-state index contributed by atoms with van der Waals surface area (Å²) < 4.78 is 6.14. The van der Waals surface area contributed by atoms with E-state index in [0.717, 1.165) is 40.3 Å². The number of nitrogens with one attached hydrogen (secondary N) is 1. The van der Waals surface area contributed by atoms with E-state index in [1.165, 1.54) is 18.4 Å². The number of furan rings is 1. The van der Waals surface area contributed by atoms with Crippen molar-refractivity contribution >= 4 is 22.6 Å². The van der Waals surface area contributed by atoms with Crippen molar-refractivity contribution in [1.82, 2.24) is 5.32 Å². The molecular weight excluding hydrogens is 270 g/mol. The first kappa shape index (κ1) is 14.0. The van der Waals surface area contributed by atoms with E-state index in [1.807, 2.05) is 12.1 Å². The smallest absolute Gasteiger partial charge is 0.139 e. The number of aryl methyl sites for hydroxylation is 1. The first-order chi connectivity index (χ1) is 9.56. The van der Waals surface area contributed by atoms with Crippen molar-refractivity contribution < 1.29 is 4.42 Å². The third-order valence-corrected chi connectivity index (χ3v) is 4.22. The summed E-state index contributed by atoms with van der Waals surface area (Å²) in [7, 11) is 0. The van der Waals surface area contributed by atoms with Crippen molar-refractivity contribution in [1.29, 1.82) is 0 Å². The molecule has 3 rings (SSSR count). The standard InChI is InChI=1S/C17H22ClNO/c1-10(2)8-13-15(9-19-12-5-6-12)20-17-11(3)4-7-14(18)16(13)17/h4,7,10,12,19H,5-6,8-9H2,1-3H3. The number of rotatable bonds is 5. The van der Waals surface area contributed by atoms with Crippen LogP contribution < -0.4 is 5.32 Å². The lowest BCUT2D eigenvalue weighted by molar-refractivity contribution is 0.499. The van der Waals surface area contributed by atoms with Gasteiger partial charge in [0.1, 0.15) is 11.3 Å². The highest BCUT2D eigenvalue weighted by Crippen LogP contribution is 2.35. The molecule has 0 unspecified atom stereocenters. The van der Waals surface area contributed by atoms with E-state index in [1.54, 1.807) is 0 Å². The van der Waals surface area contributed by atoms with Crippen LogP contribution >= 0.6 is 11.6 Å². The van der Waals surface area contributed by atoms with Crippen LogP contribution in [0.15, 0.2) is 16.5 Å². The lowest BCUT2D eigenvalue weighted by atomic mass is 9.99. The zero-order valence-corrected chi connectivity index (χ0v) is 13.2. The average Bonchev–Trinajstić information content (AvgIpc) is 3.14. The van der Waals surface area contributed by atoms with Crippen LogP contribution in [-0.2, 0) is 13.0 Å². The van der Waals surface area contributed by atoms with Crippen LogP contribution in [0.3, 0.4) is 0 Å². The molecule has 0 amide bonds. The summed E-state index contributed by atoms with van der Waals surface area (Å²) in [6, 6.07) is 4.70. The summed E-state index contributed by atoms with van der Waals surface area (Å²) >= 11 is 6.43. The SMILES string of the molecule is Cc1ccc(Cl)c2c(CC(C)C)c(CNC3CC3)oc12. The van der Waals surface area contributed by atoms with Gasteiger partial charge in [-0.2, -0.15) is 0 Å². The topological polar surface area (TPSA) is 25.2 Å². The van der Waals surface area contributed by atoms with Gasteiger partial charge in [0.25, 0.3) is 0 Å². The fourth-order valence-corrected chi connectivity index (χ4v) is 2.95. The fourth-order valence-electron chi connectivity index (χ4n) is 2.69. The van der Waals surface area contributed by atoms with Crippen molar-refractivity contribution in [3.8, 4) is 0 Å². The van der Waals surface area contributed by atoms with Crippen molar-refractivity contribution in [2.24, 2.45) is 5.92 Å². The van der Waals surface area contributed by atoms with Gasteiger partial charge in [-0.15, -0.1) is 0 Å². The van der Waals surface area contributed by atoms with Crippen LogP contribution in [0.2, 0.25) is 5.02 Å². The predicted molar refractivity (Wildman–Crippen MR) is 84.4 cm³/mol. The Morgan fingerprint density at radius 2 is 2.10 bits per heavy atom. The van der Waals surface area contributed by atoms with Gasteiger partial charge in [0, 0.05) is 17.0 Å². The predicted octanol–water partition coefficient (Wildman–Crippen LogP) is 4.85. The van der Waals surface area contributed by atoms with Crippen LogP contribution in [-0.4, -0.2) is 6.04 Å². The van der Waals surface area contributed by atoms with Gasteiger partial charge in [0.05, 0.1) is 11.6 Å².